The molecule has 2 rings (SSSR count). The molecule has 2 N–H and O–H groups in total. The lowest BCUT2D eigenvalue weighted by molar-refractivity contribution is -0.151. The third-order valence-corrected chi connectivity index (χ3v) is 4.20. The van der Waals surface area contributed by atoms with Crippen molar-refractivity contribution in [2.75, 3.05) is 13.2 Å². The van der Waals surface area contributed by atoms with Crippen LogP contribution in [-0.2, 0) is 25.5 Å². The fraction of sp³-hybridized carbons (Fsp3) is 0.474. The number of nitrogens with one attached hydrogen (secondary N) is 2. The molecule has 8 nitrogen and oxygen atoms in total. The number of aryl methyl sites for hydroxylation is 1. The Morgan fingerprint density at radius 2 is 1.89 bits per heavy atom. The molecule has 1 saturated heterocycles. The van der Waals surface area contributed by atoms with E-state index in [9.17, 15) is 19.2 Å². The molecule has 1 aromatic rings. The zero-order chi connectivity index (χ0) is 20.0. The lowest BCUT2D eigenvalue weighted by Gasteiger charge is -2.21. The first kappa shape index (κ1) is 20.4. The van der Waals surface area contributed by atoms with Gasteiger partial charge in [0.2, 0.25) is 0 Å². The largest absolute Gasteiger partial charge is 0.454 e. The van der Waals surface area contributed by atoms with E-state index < -0.39 is 42.5 Å². The van der Waals surface area contributed by atoms with E-state index in [1.54, 1.807) is 20.8 Å². The van der Waals surface area contributed by atoms with Crippen LogP contribution < -0.4 is 10.6 Å². The number of urea groups is 1. The summed E-state index contributed by atoms with van der Waals surface area (Å²) in [5.41, 5.74) is -0.0304. The number of hydrogen-bond donors (Lipinski definition) is 2. The van der Waals surface area contributed by atoms with E-state index in [1.807, 2.05) is 30.3 Å². The Labute approximate surface area is 158 Å². The highest BCUT2D eigenvalue weighted by atomic mass is 16.5. The third-order valence-electron chi connectivity index (χ3n) is 4.20. The van der Waals surface area contributed by atoms with E-state index in [0.717, 1.165) is 10.5 Å². The van der Waals surface area contributed by atoms with Gasteiger partial charge in [0.15, 0.2) is 6.61 Å². The second-order valence-electron chi connectivity index (χ2n) is 7.02. The second kappa shape index (κ2) is 8.66. The lowest BCUT2D eigenvalue weighted by Crippen LogP contribution is -2.45. The Bertz CT molecular complexity index is 719. The molecule has 0 radical (unpaired) electrons. The van der Waals surface area contributed by atoms with Gasteiger partial charge < -0.3 is 15.4 Å². The molecule has 1 fully saturated rings. The molecule has 0 unspecified atom stereocenters. The van der Waals surface area contributed by atoms with Gasteiger partial charge in [0.25, 0.3) is 11.8 Å². The van der Waals surface area contributed by atoms with Crippen LogP contribution in [0, 0.1) is 0 Å². The summed E-state index contributed by atoms with van der Waals surface area (Å²) < 4.78 is 4.84. The zero-order valence-electron chi connectivity index (χ0n) is 15.8. The first-order valence-electron chi connectivity index (χ1n) is 8.84. The Hall–Kier alpha value is -2.90. The third kappa shape index (κ3) is 5.54. The van der Waals surface area contributed by atoms with Crippen LogP contribution >= 0.6 is 0 Å². The molecule has 0 spiro atoms. The first-order chi connectivity index (χ1) is 12.7. The normalized spacial score (nSPS) is 19.2. The highest BCUT2D eigenvalue weighted by molar-refractivity contribution is 6.08. The number of ether oxygens (including phenoxy) is 1. The summed E-state index contributed by atoms with van der Waals surface area (Å²) in [6.45, 7) is 4.22. The fourth-order valence-corrected chi connectivity index (χ4v) is 2.78. The molecule has 1 atom stereocenters. The number of hydrogen-bond acceptors (Lipinski definition) is 5. The smallest absolute Gasteiger partial charge is 0.326 e. The van der Waals surface area contributed by atoms with Gasteiger partial charge in [-0.15, -0.1) is 0 Å². The van der Waals surface area contributed by atoms with Gasteiger partial charge in [0.05, 0.1) is 0 Å². The fourth-order valence-electron chi connectivity index (χ4n) is 2.78. The van der Waals surface area contributed by atoms with Gasteiger partial charge in [-0.2, -0.15) is 0 Å². The highest BCUT2D eigenvalue weighted by Crippen LogP contribution is 2.23. The van der Waals surface area contributed by atoms with Crippen LogP contribution in [-0.4, -0.2) is 53.4 Å². The molecule has 4 amide bonds. The summed E-state index contributed by atoms with van der Waals surface area (Å²) in [7, 11) is 0. The van der Waals surface area contributed by atoms with Crippen molar-refractivity contribution >= 4 is 23.8 Å². The maximum absolute atomic E-state index is 12.6. The number of nitrogens with zero attached hydrogens (tertiary/aromatic N) is 1. The first-order valence-corrected chi connectivity index (χ1v) is 8.84. The number of rotatable bonds is 8. The minimum atomic E-state index is -1.08. The molecule has 146 valence electrons. The Morgan fingerprint density at radius 3 is 2.52 bits per heavy atom. The van der Waals surface area contributed by atoms with Crippen LogP contribution in [0.5, 0.6) is 0 Å². The SMILES string of the molecule is CC(C)NC(=O)COC(=O)CN1C(=O)N[C@](C)(CCc2ccccc2)C1=O. The van der Waals surface area contributed by atoms with E-state index >= 15 is 0 Å². The molecule has 0 bridgehead atoms. The van der Waals surface area contributed by atoms with Gasteiger partial charge in [0.1, 0.15) is 12.1 Å². The van der Waals surface area contributed by atoms with Gasteiger partial charge >= 0.3 is 12.0 Å². The van der Waals surface area contributed by atoms with Gasteiger partial charge in [-0.1, -0.05) is 30.3 Å². The van der Waals surface area contributed by atoms with Crippen molar-refractivity contribution in [3.63, 3.8) is 0 Å². The number of esters is 1. The summed E-state index contributed by atoms with van der Waals surface area (Å²) in [5, 5.41) is 5.23. The summed E-state index contributed by atoms with van der Waals surface area (Å²) in [6, 6.07) is 8.90. The van der Waals surface area contributed by atoms with Crippen molar-refractivity contribution < 1.29 is 23.9 Å². The minimum absolute atomic E-state index is 0.0764. The van der Waals surface area contributed by atoms with Crippen LogP contribution in [0.15, 0.2) is 30.3 Å². The summed E-state index contributed by atoms with van der Waals surface area (Å²) in [5.74, 6) is -1.74. The van der Waals surface area contributed by atoms with E-state index in [4.69, 9.17) is 4.74 Å². The molecule has 1 aliphatic heterocycles. The lowest BCUT2D eigenvalue weighted by atomic mass is 9.93. The predicted molar refractivity (Wildman–Crippen MR) is 97.7 cm³/mol. The number of amides is 4. The summed E-state index contributed by atoms with van der Waals surface area (Å²) >= 11 is 0. The topological polar surface area (TPSA) is 105 Å². The van der Waals surface area contributed by atoms with Crippen molar-refractivity contribution in [3.8, 4) is 0 Å². The molecular formula is C19H25N3O5. The maximum atomic E-state index is 12.6. The molecule has 1 heterocycles. The molecule has 1 aliphatic rings. The minimum Gasteiger partial charge on any atom is -0.454 e. The van der Waals surface area contributed by atoms with Crippen molar-refractivity contribution in [1.29, 1.82) is 0 Å². The molecule has 0 saturated carbocycles. The van der Waals surface area contributed by atoms with E-state index in [0.29, 0.717) is 12.8 Å². The molecule has 27 heavy (non-hydrogen) atoms. The van der Waals surface area contributed by atoms with Gasteiger partial charge in [-0.05, 0) is 39.2 Å². The van der Waals surface area contributed by atoms with Crippen LogP contribution in [0.4, 0.5) is 4.79 Å². The van der Waals surface area contributed by atoms with E-state index in [1.165, 1.54) is 0 Å². The van der Waals surface area contributed by atoms with Crippen LogP contribution in [0.1, 0.15) is 32.8 Å². The van der Waals surface area contributed by atoms with Crippen molar-refractivity contribution in [2.45, 2.75) is 45.2 Å². The quantitative estimate of drug-likeness (QED) is 0.521. The van der Waals surface area contributed by atoms with Gasteiger partial charge in [-0.25, -0.2) is 4.79 Å². The summed E-state index contributed by atoms with van der Waals surface area (Å²) in [4.78, 5) is 49.0. The Balaban J connectivity index is 1.89. The van der Waals surface area contributed by atoms with E-state index in [2.05, 4.69) is 10.6 Å². The highest BCUT2D eigenvalue weighted by Gasteiger charge is 2.48. The van der Waals surface area contributed by atoms with Crippen molar-refractivity contribution in [3.05, 3.63) is 35.9 Å². The number of imide groups is 1. The standard InChI is InChI=1S/C19H25N3O5/c1-13(2)20-15(23)12-27-16(24)11-22-17(25)19(3,21-18(22)26)10-9-14-7-5-4-6-8-14/h4-8,13H,9-12H2,1-3H3,(H,20,23)(H,21,26)/t19-/m1/s1. The number of carbonyl (C=O) groups is 4. The van der Waals surface area contributed by atoms with Crippen molar-refractivity contribution in [2.24, 2.45) is 0 Å². The Kier molecular flexibility index (Phi) is 6.55. The van der Waals surface area contributed by atoms with E-state index in [-0.39, 0.29) is 6.04 Å². The molecule has 8 heteroatoms. The van der Waals surface area contributed by atoms with Gasteiger partial charge in [0, 0.05) is 6.04 Å². The average molecular weight is 375 g/mol. The Morgan fingerprint density at radius 1 is 1.22 bits per heavy atom. The number of carbonyl (C=O) groups excluding carboxylic acids is 4. The average Bonchev–Trinajstić information content (AvgIpc) is 2.82. The van der Waals surface area contributed by atoms with Crippen LogP contribution in [0.25, 0.3) is 0 Å². The van der Waals surface area contributed by atoms with Crippen LogP contribution in [0.3, 0.4) is 0 Å². The molecular weight excluding hydrogens is 350 g/mol. The van der Waals surface area contributed by atoms with Crippen LogP contribution in [0.2, 0.25) is 0 Å². The zero-order valence-corrected chi connectivity index (χ0v) is 15.8. The summed E-state index contributed by atoms with van der Waals surface area (Å²) in [6.07, 6.45) is 1.01. The van der Waals surface area contributed by atoms with Crippen molar-refractivity contribution in [1.82, 2.24) is 15.5 Å². The number of benzene rings is 1. The van der Waals surface area contributed by atoms with Gasteiger partial charge in [-0.3, -0.25) is 19.3 Å². The molecule has 0 aliphatic carbocycles. The predicted octanol–water partition coefficient (Wildman–Crippen LogP) is 0.998. The molecule has 0 aromatic heterocycles. The maximum Gasteiger partial charge on any atom is 0.326 e. The monoisotopic (exact) mass is 375 g/mol. The second-order valence-corrected chi connectivity index (χ2v) is 7.02. The molecule has 1 aromatic carbocycles.